The Balaban J connectivity index is 0.975. The Labute approximate surface area is 346 Å². The number of rotatable bonds is 6. The molecule has 0 radical (unpaired) electrons. The summed E-state index contributed by atoms with van der Waals surface area (Å²) in [5.41, 5.74) is 14.2. The molecule has 3 heterocycles. The molecule has 0 amide bonds. The highest BCUT2D eigenvalue weighted by molar-refractivity contribution is 6.12. The molecule has 0 N–H and O–H groups in total. The summed E-state index contributed by atoms with van der Waals surface area (Å²) >= 11 is 0. The molecule has 0 unspecified atom stereocenters. The summed E-state index contributed by atoms with van der Waals surface area (Å²) < 4.78 is 4.76. The van der Waals surface area contributed by atoms with E-state index in [2.05, 4.69) is 221 Å². The van der Waals surface area contributed by atoms with Crippen LogP contribution < -0.4 is 0 Å². The Kier molecular flexibility index (Phi) is 7.82. The highest BCUT2D eigenvalue weighted by atomic mass is 15.0. The van der Waals surface area contributed by atoms with Crippen LogP contribution in [0.3, 0.4) is 0 Å². The second kappa shape index (κ2) is 13.8. The maximum atomic E-state index is 5.18. The van der Waals surface area contributed by atoms with Gasteiger partial charge >= 0.3 is 0 Å². The van der Waals surface area contributed by atoms with E-state index >= 15 is 0 Å². The normalized spacial score (nSPS) is 11.7. The quantitative estimate of drug-likeness (QED) is 0.169. The van der Waals surface area contributed by atoms with Gasteiger partial charge in [0.15, 0.2) is 5.82 Å². The lowest BCUT2D eigenvalue weighted by Gasteiger charge is -2.12. The van der Waals surface area contributed by atoms with Crippen molar-refractivity contribution in [2.45, 2.75) is 0 Å². The molecule has 0 aliphatic carbocycles. The second-order valence-electron chi connectivity index (χ2n) is 15.4. The van der Waals surface area contributed by atoms with Crippen LogP contribution >= 0.6 is 0 Å². The van der Waals surface area contributed by atoms with Crippen molar-refractivity contribution in [3.05, 3.63) is 218 Å². The molecule has 9 aromatic carbocycles. The van der Waals surface area contributed by atoms with E-state index in [4.69, 9.17) is 9.97 Å². The molecule has 4 nitrogen and oxygen atoms in total. The standard InChI is InChI=1S/C56H36N4/c1-3-14-38(15-4-1)50-36-51(43-24-23-37-13-7-8-16-40(37)33-43)58-56(57-50)39-25-29-45(30-26-39)60-52-21-11-9-19-46(52)48-31-27-42(35-55(48)60)41-28-32-54-49(34-41)47-20-10-12-22-53(47)59(54)44-17-5-2-6-18-44/h1-36H. The first-order chi connectivity index (χ1) is 29.7. The lowest BCUT2D eigenvalue weighted by atomic mass is 10.0. The molecule has 0 saturated heterocycles. The molecular weight excluding hydrogens is 729 g/mol. The zero-order chi connectivity index (χ0) is 39.6. The monoisotopic (exact) mass is 764 g/mol. The molecule has 0 fully saturated rings. The zero-order valence-corrected chi connectivity index (χ0v) is 32.6. The van der Waals surface area contributed by atoms with Gasteiger partial charge in [-0.15, -0.1) is 0 Å². The summed E-state index contributed by atoms with van der Waals surface area (Å²) in [5.74, 6) is 0.694. The minimum absolute atomic E-state index is 0.694. The average molecular weight is 765 g/mol. The molecule has 12 rings (SSSR count). The van der Waals surface area contributed by atoms with E-state index in [1.807, 2.05) is 6.07 Å². The van der Waals surface area contributed by atoms with Gasteiger partial charge in [0.25, 0.3) is 0 Å². The molecule has 0 aliphatic rings. The number of aromatic nitrogens is 4. The van der Waals surface area contributed by atoms with Gasteiger partial charge in [0.1, 0.15) is 0 Å². The molecule has 60 heavy (non-hydrogen) atoms. The number of fused-ring (bicyclic) bond motifs is 7. The van der Waals surface area contributed by atoms with Crippen molar-refractivity contribution in [2.24, 2.45) is 0 Å². The van der Waals surface area contributed by atoms with Gasteiger partial charge in [0.2, 0.25) is 0 Å². The van der Waals surface area contributed by atoms with Crippen LogP contribution in [0.4, 0.5) is 0 Å². The molecular formula is C56H36N4. The van der Waals surface area contributed by atoms with Crippen molar-refractivity contribution in [3.8, 4) is 56.4 Å². The van der Waals surface area contributed by atoms with Crippen LogP contribution in [0.5, 0.6) is 0 Å². The van der Waals surface area contributed by atoms with Gasteiger partial charge in [-0.2, -0.15) is 0 Å². The first kappa shape index (κ1) is 34.0. The largest absolute Gasteiger partial charge is 0.309 e. The number of benzene rings is 9. The Morgan fingerprint density at radius 1 is 0.267 bits per heavy atom. The van der Waals surface area contributed by atoms with Gasteiger partial charge < -0.3 is 9.13 Å². The van der Waals surface area contributed by atoms with Crippen molar-refractivity contribution in [1.29, 1.82) is 0 Å². The number of para-hydroxylation sites is 3. The predicted molar refractivity (Wildman–Crippen MR) is 250 cm³/mol. The van der Waals surface area contributed by atoms with E-state index in [0.29, 0.717) is 5.82 Å². The van der Waals surface area contributed by atoms with Crippen molar-refractivity contribution in [2.75, 3.05) is 0 Å². The van der Waals surface area contributed by atoms with Crippen LogP contribution in [0.15, 0.2) is 218 Å². The lowest BCUT2D eigenvalue weighted by molar-refractivity contribution is 1.16. The molecule has 0 bridgehead atoms. The minimum atomic E-state index is 0.694. The minimum Gasteiger partial charge on any atom is -0.309 e. The number of hydrogen-bond acceptors (Lipinski definition) is 2. The Bertz CT molecular complexity index is 3580. The van der Waals surface area contributed by atoms with E-state index in [1.54, 1.807) is 0 Å². The summed E-state index contributed by atoms with van der Waals surface area (Å²) in [6, 6.07) is 78.0. The highest BCUT2D eigenvalue weighted by Gasteiger charge is 2.17. The fraction of sp³-hybridized carbons (Fsp3) is 0. The Morgan fingerprint density at radius 3 is 1.55 bits per heavy atom. The maximum Gasteiger partial charge on any atom is 0.160 e. The first-order valence-electron chi connectivity index (χ1n) is 20.4. The van der Waals surface area contributed by atoms with Crippen LogP contribution in [0.1, 0.15) is 0 Å². The molecule has 0 saturated carbocycles. The van der Waals surface area contributed by atoms with Crippen molar-refractivity contribution in [3.63, 3.8) is 0 Å². The van der Waals surface area contributed by atoms with Crippen molar-refractivity contribution >= 4 is 54.4 Å². The topological polar surface area (TPSA) is 35.6 Å². The lowest BCUT2D eigenvalue weighted by Crippen LogP contribution is -1.97. The summed E-state index contributed by atoms with van der Waals surface area (Å²) in [7, 11) is 0. The molecule has 4 heteroatoms. The zero-order valence-electron chi connectivity index (χ0n) is 32.6. The smallest absolute Gasteiger partial charge is 0.160 e. The Morgan fingerprint density at radius 2 is 0.783 bits per heavy atom. The number of hydrogen-bond donors (Lipinski definition) is 0. The van der Waals surface area contributed by atoms with Gasteiger partial charge in [-0.3, -0.25) is 0 Å². The fourth-order valence-corrected chi connectivity index (χ4v) is 9.03. The van der Waals surface area contributed by atoms with Crippen LogP contribution in [-0.4, -0.2) is 19.1 Å². The van der Waals surface area contributed by atoms with Gasteiger partial charge in [-0.1, -0.05) is 140 Å². The van der Waals surface area contributed by atoms with Gasteiger partial charge in [-0.05, 0) is 101 Å². The second-order valence-corrected chi connectivity index (χ2v) is 15.4. The third-order valence-electron chi connectivity index (χ3n) is 11.9. The molecule has 0 aliphatic heterocycles. The van der Waals surface area contributed by atoms with Crippen LogP contribution in [0, 0.1) is 0 Å². The fourth-order valence-electron chi connectivity index (χ4n) is 9.03. The van der Waals surface area contributed by atoms with Crippen molar-refractivity contribution in [1.82, 2.24) is 19.1 Å². The van der Waals surface area contributed by atoms with Crippen LogP contribution in [0.2, 0.25) is 0 Å². The van der Waals surface area contributed by atoms with E-state index in [-0.39, 0.29) is 0 Å². The van der Waals surface area contributed by atoms with Crippen molar-refractivity contribution < 1.29 is 0 Å². The summed E-state index contributed by atoms with van der Waals surface area (Å²) in [4.78, 5) is 10.3. The van der Waals surface area contributed by atoms with E-state index in [1.165, 1.54) is 60.0 Å². The maximum absolute atomic E-state index is 5.18. The summed E-state index contributed by atoms with van der Waals surface area (Å²) in [5, 5.41) is 7.33. The molecule has 0 atom stereocenters. The SMILES string of the molecule is c1ccc(-c2cc(-c3ccc4ccccc4c3)nc(-c3ccc(-n4c5ccccc5c5ccc(-c6ccc7c(c6)c6ccccc6n7-c6ccccc6)cc54)cc3)n2)cc1. The Hall–Kier alpha value is -8.08. The van der Waals surface area contributed by atoms with Gasteiger partial charge in [0, 0.05) is 49.6 Å². The van der Waals surface area contributed by atoms with E-state index in [9.17, 15) is 0 Å². The van der Waals surface area contributed by atoms with E-state index in [0.717, 1.165) is 45.0 Å². The third kappa shape index (κ3) is 5.61. The number of nitrogens with zero attached hydrogens (tertiary/aromatic N) is 4. The molecule has 0 spiro atoms. The van der Waals surface area contributed by atoms with Gasteiger partial charge in [0.05, 0.1) is 33.5 Å². The van der Waals surface area contributed by atoms with Crippen LogP contribution in [-0.2, 0) is 0 Å². The van der Waals surface area contributed by atoms with E-state index < -0.39 is 0 Å². The summed E-state index contributed by atoms with van der Waals surface area (Å²) in [6.45, 7) is 0. The molecule has 280 valence electrons. The average Bonchev–Trinajstić information content (AvgIpc) is 3.84. The highest BCUT2D eigenvalue weighted by Crippen LogP contribution is 2.39. The predicted octanol–water partition coefficient (Wildman–Crippen LogP) is 14.5. The van der Waals surface area contributed by atoms with Crippen LogP contribution in [0.25, 0.3) is 111 Å². The molecule has 3 aromatic heterocycles. The third-order valence-corrected chi connectivity index (χ3v) is 11.9. The molecule has 12 aromatic rings. The van der Waals surface area contributed by atoms with Gasteiger partial charge in [-0.25, -0.2) is 9.97 Å². The summed E-state index contributed by atoms with van der Waals surface area (Å²) in [6.07, 6.45) is 0. The first-order valence-corrected chi connectivity index (χ1v) is 20.4.